The predicted octanol–water partition coefficient (Wildman–Crippen LogP) is 10.1. The first kappa shape index (κ1) is 28.8. The van der Waals surface area contributed by atoms with Crippen molar-refractivity contribution in [2.45, 2.75) is 105 Å². The molecule has 41 heavy (non-hydrogen) atoms. The van der Waals surface area contributed by atoms with Crippen LogP contribution in [0.4, 0.5) is 0 Å². The molecule has 0 unspecified atom stereocenters. The number of aliphatic hydroxyl groups is 1. The number of aryl methyl sites for hydroxylation is 2. The molecule has 3 nitrogen and oxygen atoms in total. The Balaban J connectivity index is 0.000000256. The van der Waals surface area contributed by atoms with E-state index >= 15 is 0 Å². The van der Waals surface area contributed by atoms with Crippen molar-refractivity contribution in [3.05, 3.63) is 77.1 Å². The molecule has 0 saturated heterocycles. The Bertz CT molecular complexity index is 1410. The quantitative estimate of drug-likeness (QED) is 0.161. The van der Waals surface area contributed by atoms with Gasteiger partial charge in [-0.25, -0.2) is 0 Å². The monoisotopic (exact) mass is 734 g/mol. The van der Waals surface area contributed by atoms with Gasteiger partial charge < -0.3 is 5.11 Å². The van der Waals surface area contributed by atoms with Crippen LogP contribution in [-0.2, 0) is 31.3 Å². The van der Waals surface area contributed by atoms with Gasteiger partial charge in [0, 0.05) is 47.5 Å². The van der Waals surface area contributed by atoms with Crippen molar-refractivity contribution in [1.29, 1.82) is 0 Å². The van der Waals surface area contributed by atoms with Crippen LogP contribution < -0.4 is 0 Å². The summed E-state index contributed by atoms with van der Waals surface area (Å²) in [5.41, 5.74) is 5.09. The molecule has 0 aliphatic heterocycles. The van der Waals surface area contributed by atoms with E-state index in [1.54, 1.807) is 19.9 Å². The van der Waals surface area contributed by atoms with E-state index in [-0.39, 0.29) is 37.7 Å². The van der Waals surface area contributed by atoms with E-state index in [0.29, 0.717) is 12.2 Å². The number of aliphatic hydroxyl groups excluding tert-OH is 1. The van der Waals surface area contributed by atoms with Crippen LogP contribution in [0, 0.1) is 37.2 Å². The molecular formula is C37H48IrNO2-. The Morgan fingerprint density at radius 3 is 2.27 bits per heavy atom. The van der Waals surface area contributed by atoms with Gasteiger partial charge >= 0.3 is 0 Å². The maximum Gasteiger partial charge on any atom is 0.162 e. The first-order valence-corrected chi connectivity index (χ1v) is 15.2. The normalized spacial score (nSPS) is 18.3. The van der Waals surface area contributed by atoms with E-state index in [0.717, 1.165) is 64.5 Å². The fourth-order valence-electron chi connectivity index (χ4n) is 6.21. The van der Waals surface area contributed by atoms with Crippen LogP contribution in [0.1, 0.15) is 106 Å². The average Bonchev–Trinajstić information content (AvgIpc) is 2.97. The van der Waals surface area contributed by atoms with Crippen molar-refractivity contribution in [3.8, 4) is 11.3 Å². The molecule has 2 saturated carbocycles. The van der Waals surface area contributed by atoms with Gasteiger partial charge in [0.25, 0.3) is 0 Å². The number of nitrogens with zero attached hydrogens (tertiary/aromatic N) is 1. The molecular weight excluding hydrogens is 683 g/mol. The van der Waals surface area contributed by atoms with E-state index in [9.17, 15) is 9.90 Å². The minimum Gasteiger partial charge on any atom is -0.512 e. The summed E-state index contributed by atoms with van der Waals surface area (Å²) in [4.78, 5) is 16.8. The summed E-state index contributed by atoms with van der Waals surface area (Å²) in [6, 6.07) is 17.5. The maximum absolute atomic E-state index is 12.0. The number of carbonyl (C=O) groups excluding carboxylic acids is 1. The van der Waals surface area contributed by atoms with Crippen LogP contribution in [0.3, 0.4) is 0 Å². The van der Waals surface area contributed by atoms with Gasteiger partial charge in [0.1, 0.15) is 0 Å². The Kier molecular flexibility index (Phi) is 10.7. The molecule has 5 rings (SSSR count). The van der Waals surface area contributed by atoms with Crippen molar-refractivity contribution in [1.82, 2.24) is 4.98 Å². The molecule has 3 aromatic rings. The van der Waals surface area contributed by atoms with E-state index in [2.05, 4.69) is 25.1 Å². The number of rotatable bonds is 5. The number of benzene rings is 2. The minimum atomic E-state index is -2.02. The van der Waals surface area contributed by atoms with E-state index in [4.69, 9.17) is 9.10 Å². The van der Waals surface area contributed by atoms with Gasteiger partial charge in [-0.05, 0) is 54.8 Å². The van der Waals surface area contributed by atoms with Crippen LogP contribution >= 0.6 is 0 Å². The van der Waals surface area contributed by atoms with Gasteiger partial charge in [0.15, 0.2) is 5.78 Å². The number of pyridine rings is 1. The van der Waals surface area contributed by atoms with E-state index in [1.165, 1.54) is 38.5 Å². The zero-order chi connectivity index (χ0) is 31.2. The molecule has 1 aromatic heterocycles. The molecule has 0 atom stereocenters. The minimum absolute atomic E-state index is 0. The molecule has 1 radical (unpaired) electrons. The molecule has 2 aliphatic carbocycles. The van der Waals surface area contributed by atoms with Crippen molar-refractivity contribution in [2.24, 2.45) is 17.3 Å². The Morgan fingerprint density at radius 2 is 1.63 bits per heavy atom. The van der Waals surface area contributed by atoms with Crippen molar-refractivity contribution >= 4 is 16.7 Å². The van der Waals surface area contributed by atoms with Crippen molar-refractivity contribution in [3.63, 3.8) is 0 Å². The molecule has 1 heterocycles. The average molecular weight is 734 g/mol. The number of allylic oxidation sites excluding steroid dienone is 2. The molecule has 223 valence electrons. The van der Waals surface area contributed by atoms with Crippen LogP contribution in [0.15, 0.2) is 54.3 Å². The van der Waals surface area contributed by atoms with Crippen LogP contribution in [0.2, 0.25) is 0 Å². The molecule has 0 amide bonds. The topological polar surface area (TPSA) is 50.2 Å². The third-order valence-corrected chi connectivity index (χ3v) is 8.18. The number of fused-ring (bicyclic) bond motifs is 1. The first-order chi connectivity index (χ1) is 20.3. The smallest absolute Gasteiger partial charge is 0.162 e. The van der Waals surface area contributed by atoms with Crippen molar-refractivity contribution < 1.29 is 34.1 Å². The molecule has 1 N–H and O–H groups in total. The second kappa shape index (κ2) is 15.3. The largest absolute Gasteiger partial charge is 0.512 e. The molecule has 4 heteroatoms. The Labute approximate surface area is 265 Å². The Hall–Kier alpha value is -2.29. The summed E-state index contributed by atoms with van der Waals surface area (Å²) < 4.78 is 23.6. The number of hydrogen-bond donors (Lipinski definition) is 1. The van der Waals surface area contributed by atoms with Gasteiger partial charge in [-0.1, -0.05) is 97.3 Å². The third kappa shape index (κ3) is 9.90. The summed E-state index contributed by atoms with van der Waals surface area (Å²) in [5.74, 6) is 0.985. The van der Waals surface area contributed by atoms with Gasteiger partial charge in [0.05, 0.1) is 11.3 Å². The molecule has 2 fully saturated rings. The fraction of sp³-hybridized carbons (Fsp3) is 0.514. The predicted molar refractivity (Wildman–Crippen MR) is 168 cm³/mol. The summed E-state index contributed by atoms with van der Waals surface area (Å²) in [5, 5.41) is 11.0. The van der Waals surface area contributed by atoms with Gasteiger partial charge in [-0.15, -0.1) is 34.9 Å². The second-order valence-corrected chi connectivity index (χ2v) is 12.6. The molecule has 0 bridgehead atoms. The molecule has 2 aromatic carbocycles. The summed E-state index contributed by atoms with van der Waals surface area (Å²) >= 11 is 0. The standard InChI is InChI=1S/C22H24N.C15H24O2.Ir/c1-15-10-16(2)12-17(11-15)21-13-18(14-22(3,4)5)19-8-6-7-9-20(19)23-21;16-14(12-7-3-1-4-8-12)11-15(17)13-9-5-2-6-10-13;/h6-11,13H,14H2,1-5H3;11-13,16H,1-10H2;/q-1;;/b;14-11-;/i3D3;;. The van der Waals surface area contributed by atoms with Gasteiger partial charge in [-0.2, -0.15) is 0 Å². The number of carbonyl (C=O) groups is 1. The Morgan fingerprint density at radius 1 is 1.00 bits per heavy atom. The SMILES string of the molecule is O=C(/C=C(\O)C1CCCCC1)C1CCCCC1.[2H]C([2H])([2H])C(C)(C)Cc1cc(-c2[c-]c(C)cc(C)c2)nc2ccccc12.[Ir]. The first-order valence-electron chi connectivity index (χ1n) is 16.7. The molecule has 0 spiro atoms. The molecule has 2 aliphatic rings. The summed E-state index contributed by atoms with van der Waals surface area (Å²) in [6.45, 7) is 5.67. The van der Waals surface area contributed by atoms with Crippen molar-refractivity contribution in [2.75, 3.05) is 0 Å². The van der Waals surface area contributed by atoms with Crippen LogP contribution in [0.5, 0.6) is 0 Å². The number of ketones is 1. The van der Waals surface area contributed by atoms with E-state index in [1.807, 2.05) is 37.3 Å². The maximum atomic E-state index is 12.0. The van der Waals surface area contributed by atoms with E-state index < -0.39 is 12.3 Å². The number of hydrogen-bond acceptors (Lipinski definition) is 3. The zero-order valence-electron chi connectivity index (χ0n) is 28.2. The van der Waals surface area contributed by atoms with Crippen LogP contribution in [-0.4, -0.2) is 15.9 Å². The zero-order valence-corrected chi connectivity index (χ0v) is 27.6. The second-order valence-electron chi connectivity index (χ2n) is 12.6. The van der Waals surface area contributed by atoms with Gasteiger partial charge in [-0.3, -0.25) is 9.78 Å². The summed E-state index contributed by atoms with van der Waals surface area (Å²) in [6.07, 6.45) is 13.4. The number of aromatic nitrogens is 1. The van der Waals surface area contributed by atoms with Gasteiger partial charge in [0.2, 0.25) is 0 Å². The summed E-state index contributed by atoms with van der Waals surface area (Å²) in [7, 11) is 0. The fourth-order valence-corrected chi connectivity index (χ4v) is 6.21. The third-order valence-electron chi connectivity index (χ3n) is 8.18. The van der Waals surface area contributed by atoms with Crippen LogP contribution in [0.25, 0.3) is 22.2 Å². The number of para-hydroxylation sites is 1.